The monoisotopic (exact) mass is 332 g/mol. The molecular formula is C15H13ClN4O3. The Morgan fingerprint density at radius 1 is 1.35 bits per heavy atom. The topological polar surface area (TPSA) is 77.6 Å². The number of methoxy groups -OCH3 is 1. The predicted octanol–water partition coefficient (Wildman–Crippen LogP) is 1.80. The zero-order valence-electron chi connectivity index (χ0n) is 12.2. The molecule has 7 nitrogen and oxygen atoms in total. The highest BCUT2D eigenvalue weighted by Crippen LogP contribution is 2.27. The van der Waals surface area contributed by atoms with Gasteiger partial charge in [-0.05, 0) is 30.3 Å². The molecule has 1 aromatic carbocycles. The van der Waals surface area contributed by atoms with Crippen molar-refractivity contribution >= 4 is 28.8 Å². The number of rotatable bonds is 4. The van der Waals surface area contributed by atoms with E-state index >= 15 is 0 Å². The number of hydrogen-bond donors (Lipinski definition) is 1. The number of pyridine rings is 1. The van der Waals surface area contributed by atoms with Gasteiger partial charge in [-0.2, -0.15) is 0 Å². The van der Waals surface area contributed by atoms with Gasteiger partial charge in [-0.25, -0.2) is 9.48 Å². The van der Waals surface area contributed by atoms with Crippen LogP contribution in [0.3, 0.4) is 0 Å². The highest BCUT2D eigenvalue weighted by atomic mass is 35.5. The summed E-state index contributed by atoms with van der Waals surface area (Å²) in [4.78, 5) is 24.2. The van der Waals surface area contributed by atoms with Crippen LogP contribution < -0.4 is 15.7 Å². The molecule has 0 radical (unpaired) electrons. The van der Waals surface area contributed by atoms with Gasteiger partial charge in [-0.3, -0.25) is 9.20 Å². The first kappa shape index (κ1) is 15.1. The van der Waals surface area contributed by atoms with Crippen molar-refractivity contribution in [3.05, 3.63) is 58.1 Å². The summed E-state index contributed by atoms with van der Waals surface area (Å²) >= 11 is 6.00. The number of benzene rings is 1. The summed E-state index contributed by atoms with van der Waals surface area (Å²) in [5.41, 5.74) is 0.624. The number of halogens is 1. The second-order valence-electron chi connectivity index (χ2n) is 4.77. The lowest BCUT2D eigenvalue weighted by molar-refractivity contribution is -0.117. The Kier molecular flexibility index (Phi) is 4.03. The van der Waals surface area contributed by atoms with Crippen LogP contribution in [-0.4, -0.2) is 27.2 Å². The van der Waals surface area contributed by atoms with Gasteiger partial charge in [0.25, 0.3) is 0 Å². The Morgan fingerprint density at radius 2 is 2.17 bits per heavy atom. The third-order valence-corrected chi connectivity index (χ3v) is 3.51. The summed E-state index contributed by atoms with van der Waals surface area (Å²) < 4.78 is 7.53. The van der Waals surface area contributed by atoms with Crippen LogP contribution >= 0.6 is 11.6 Å². The smallest absolute Gasteiger partial charge is 0.350 e. The fourth-order valence-electron chi connectivity index (χ4n) is 2.15. The van der Waals surface area contributed by atoms with Crippen LogP contribution in [0.1, 0.15) is 0 Å². The average molecular weight is 333 g/mol. The van der Waals surface area contributed by atoms with Gasteiger partial charge < -0.3 is 10.1 Å². The molecule has 23 heavy (non-hydrogen) atoms. The van der Waals surface area contributed by atoms with E-state index in [0.717, 1.165) is 4.68 Å². The number of aromatic nitrogens is 3. The second-order valence-corrected chi connectivity index (χ2v) is 5.17. The third-order valence-electron chi connectivity index (χ3n) is 3.22. The maximum atomic E-state index is 12.1. The Hall–Kier alpha value is -2.80. The molecule has 0 bridgehead atoms. The predicted molar refractivity (Wildman–Crippen MR) is 86.1 cm³/mol. The van der Waals surface area contributed by atoms with Crippen molar-refractivity contribution in [2.75, 3.05) is 12.4 Å². The van der Waals surface area contributed by atoms with E-state index in [0.29, 0.717) is 22.1 Å². The molecule has 0 unspecified atom stereocenters. The summed E-state index contributed by atoms with van der Waals surface area (Å²) in [5.74, 6) is 0.137. The van der Waals surface area contributed by atoms with E-state index in [1.165, 1.54) is 11.5 Å². The minimum absolute atomic E-state index is 0.190. The largest absolute Gasteiger partial charge is 0.495 e. The highest BCUT2D eigenvalue weighted by molar-refractivity contribution is 6.32. The van der Waals surface area contributed by atoms with Crippen molar-refractivity contribution in [1.82, 2.24) is 14.2 Å². The van der Waals surface area contributed by atoms with Crippen molar-refractivity contribution < 1.29 is 9.53 Å². The molecule has 0 aliphatic carbocycles. The lowest BCUT2D eigenvalue weighted by Gasteiger charge is -2.07. The number of nitrogens with one attached hydrogen (secondary N) is 1. The van der Waals surface area contributed by atoms with E-state index < -0.39 is 0 Å². The van der Waals surface area contributed by atoms with Crippen LogP contribution in [0.25, 0.3) is 5.65 Å². The fraction of sp³-hybridized carbons (Fsp3) is 0.133. The summed E-state index contributed by atoms with van der Waals surface area (Å²) in [6.07, 6.45) is 1.60. The van der Waals surface area contributed by atoms with Gasteiger partial charge in [0.05, 0.1) is 12.1 Å². The lowest BCUT2D eigenvalue weighted by Crippen LogP contribution is -2.28. The Morgan fingerprint density at radius 3 is 2.87 bits per heavy atom. The van der Waals surface area contributed by atoms with Crippen molar-refractivity contribution in [3.8, 4) is 5.75 Å². The van der Waals surface area contributed by atoms with Gasteiger partial charge in [0, 0.05) is 11.9 Å². The van der Waals surface area contributed by atoms with Gasteiger partial charge in [-0.1, -0.05) is 17.7 Å². The molecule has 0 atom stereocenters. The third kappa shape index (κ3) is 3.04. The van der Waals surface area contributed by atoms with Crippen LogP contribution in [0.5, 0.6) is 5.75 Å². The van der Waals surface area contributed by atoms with E-state index in [2.05, 4.69) is 10.4 Å². The SMILES string of the molecule is COc1ccc(NC(=O)Cn2nc3ccccn3c2=O)cc1Cl. The molecule has 0 aliphatic rings. The molecule has 118 valence electrons. The summed E-state index contributed by atoms with van der Waals surface area (Å²) in [6.45, 7) is -0.190. The second kappa shape index (κ2) is 6.13. The Balaban J connectivity index is 1.77. The summed E-state index contributed by atoms with van der Waals surface area (Å²) in [6, 6.07) is 10.1. The molecule has 0 saturated carbocycles. The Bertz CT molecular complexity index is 932. The zero-order chi connectivity index (χ0) is 16.4. The number of fused-ring (bicyclic) bond motifs is 1. The number of carbonyl (C=O) groups excluding carboxylic acids is 1. The van der Waals surface area contributed by atoms with E-state index in [1.54, 1.807) is 42.6 Å². The van der Waals surface area contributed by atoms with Gasteiger partial charge in [0.1, 0.15) is 12.3 Å². The van der Waals surface area contributed by atoms with E-state index in [1.807, 2.05) is 0 Å². The van der Waals surface area contributed by atoms with Crippen molar-refractivity contribution in [2.45, 2.75) is 6.54 Å². The van der Waals surface area contributed by atoms with Gasteiger partial charge in [0.2, 0.25) is 5.91 Å². The first-order chi connectivity index (χ1) is 11.1. The quantitative estimate of drug-likeness (QED) is 0.790. The molecule has 8 heteroatoms. The lowest BCUT2D eigenvalue weighted by atomic mass is 10.3. The molecule has 0 fully saturated rings. The van der Waals surface area contributed by atoms with E-state index in [9.17, 15) is 9.59 Å². The maximum Gasteiger partial charge on any atom is 0.350 e. The first-order valence-corrected chi connectivity index (χ1v) is 7.14. The molecule has 2 heterocycles. The number of amides is 1. The molecule has 1 amide bonds. The van der Waals surface area contributed by atoms with Gasteiger partial charge in [0.15, 0.2) is 5.65 Å². The van der Waals surface area contributed by atoms with Crippen LogP contribution in [-0.2, 0) is 11.3 Å². The minimum Gasteiger partial charge on any atom is -0.495 e. The molecule has 0 saturated heterocycles. The number of nitrogens with zero attached hydrogens (tertiary/aromatic N) is 3. The number of anilines is 1. The summed E-state index contributed by atoms with van der Waals surface area (Å²) in [5, 5.41) is 7.15. The van der Waals surface area contributed by atoms with Gasteiger partial charge >= 0.3 is 5.69 Å². The zero-order valence-corrected chi connectivity index (χ0v) is 12.9. The van der Waals surface area contributed by atoms with Crippen LogP contribution in [0.2, 0.25) is 5.02 Å². The standard InChI is InChI=1S/C15H13ClN4O3/c1-23-12-6-5-10(8-11(12)16)17-14(21)9-20-15(22)19-7-3-2-4-13(19)18-20/h2-8H,9H2,1H3,(H,17,21). The molecule has 0 aliphatic heterocycles. The van der Waals surface area contributed by atoms with Crippen LogP contribution in [0.15, 0.2) is 47.4 Å². The van der Waals surface area contributed by atoms with E-state index in [4.69, 9.17) is 16.3 Å². The van der Waals surface area contributed by atoms with Crippen molar-refractivity contribution in [1.29, 1.82) is 0 Å². The van der Waals surface area contributed by atoms with Crippen molar-refractivity contribution in [2.24, 2.45) is 0 Å². The first-order valence-electron chi connectivity index (χ1n) is 6.76. The molecule has 2 aromatic heterocycles. The molecular weight excluding hydrogens is 320 g/mol. The molecule has 3 aromatic rings. The highest BCUT2D eigenvalue weighted by Gasteiger charge is 2.11. The number of hydrogen-bond acceptors (Lipinski definition) is 4. The number of ether oxygens (including phenoxy) is 1. The molecule has 0 spiro atoms. The Labute approximate surface area is 136 Å². The number of carbonyl (C=O) groups is 1. The normalized spacial score (nSPS) is 10.7. The molecule has 1 N–H and O–H groups in total. The summed E-state index contributed by atoms with van der Waals surface area (Å²) in [7, 11) is 1.51. The van der Waals surface area contributed by atoms with E-state index in [-0.39, 0.29) is 18.1 Å². The van der Waals surface area contributed by atoms with Gasteiger partial charge in [-0.15, -0.1) is 5.10 Å². The van der Waals surface area contributed by atoms with Crippen LogP contribution in [0.4, 0.5) is 5.69 Å². The molecule has 3 rings (SSSR count). The average Bonchev–Trinajstić information content (AvgIpc) is 2.84. The maximum absolute atomic E-state index is 12.1. The van der Waals surface area contributed by atoms with Crippen molar-refractivity contribution in [3.63, 3.8) is 0 Å². The minimum atomic E-state index is -0.378. The fourth-order valence-corrected chi connectivity index (χ4v) is 2.41. The van der Waals surface area contributed by atoms with Crippen LogP contribution in [0, 0.1) is 0 Å².